The minimum absolute atomic E-state index is 0.0225. The highest BCUT2D eigenvalue weighted by atomic mass is 127. The van der Waals surface area contributed by atoms with Crippen molar-refractivity contribution in [3.8, 4) is 5.75 Å². The molecule has 2 atom stereocenters. The molecule has 0 radical (unpaired) electrons. The number of sulfone groups is 1. The summed E-state index contributed by atoms with van der Waals surface area (Å²) in [6.45, 7) is 1.65. The van der Waals surface area contributed by atoms with Crippen molar-refractivity contribution < 1.29 is 17.9 Å². The van der Waals surface area contributed by atoms with E-state index in [1.54, 1.807) is 13.0 Å². The van der Waals surface area contributed by atoms with Crippen molar-refractivity contribution in [3.05, 3.63) is 27.8 Å². The van der Waals surface area contributed by atoms with Gasteiger partial charge in [0.05, 0.1) is 11.5 Å². The summed E-state index contributed by atoms with van der Waals surface area (Å²) in [6.07, 6.45) is -0.180. The molecule has 7 heteroatoms. The summed E-state index contributed by atoms with van der Waals surface area (Å²) in [7, 11) is -2.99. The summed E-state index contributed by atoms with van der Waals surface area (Å²) in [4.78, 5) is 12.0. The van der Waals surface area contributed by atoms with E-state index in [1.807, 2.05) is 18.2 Å². The molecule has 2 rings (SSSR count). The SMILES string of the molecule is CC(Oc1cccc(I)c1)C(=O)NC1CCS(=O)(=O)C1. The fourth-order valence-electron chi connectivity index (χ4n) is 2.03. The van der Waals surface area contributed by atoms with Crippen molar-refractivity contribution in [2.24, 2.45) is 0 Å². The fourth-order valence-corrected chi connectivity index (χ4v) is 4.21. The molecule has 0 spiro atoms. The van der Waals surface area contributed by atoms with E-state index in [1.165, 1.54) is 0 Å². The van der Waals surface area contributed by atoms with Crippen LogP contribution in [0.15, 0.2) is 24.3 Å². The summed E-state index contributed by atoms with van der Waals surface area (Å²) < 4.78 is 29.3. The first kappa shape index (κ1) is 15.6. The molecule has 1 fully saturated rings. The van der Waals surface area contributed by atoms with Gasteiger partial charge in [-0.2, -0.15) is 0 Å². The molecule has 1 aromatic rings. The molecule has 1 amide bonds. The summed E-state index contributed by atoms with van der Waals surface area (Å²) in [5, 5.41) is 2.72. The Bertz CT molecular complexity index is 602. The molecule has 0 aromatic heterocycles. The van der Waals surface area contributed by atoms with Crippen molar-refractivity contribution in [2.75, 3.05) is 11.5 Å². The number of hydrogen-bond donors (Lipinski definition) is 1. The Balaban J connectivity index is 1.89. The molecule has 0 aliphatic carbocycles. The summed E-state index contributed by atoms with van der Waals surface area (Å²) >= 11 is 2.17. The number of amides is 1. The number of nitrogens with one attached hydrogen (secondary N) is 1. The van der Waals surface area contributed by atoms with Gasteiger partial charge in [-0.1, -0.05) is 6.07 Å². The van der Waals surface area contributed by atoms with E-state index in [0.29, 0.717) is 12.2 Å². The van der Waals surface area contributed by atoms with Crippen LogP contribution in [0, 0.1) is 3.57 Å². The van der Waals surface area contributed by atoms with Gasteiger partial charge in [-0.25, -0.2) is 8.42 Å². The van der Waals surface area contributed by atoms with E-state index in [2.05, 4.69) is 27.9 Å². The predicted octanol–water partition coefficient (Wildman–Crippen LogP) is 1.36. The van der Waals surface area contributed by atoms with Crippen LogP contribution >= 0.6 is 22.6 Å². The molecule has 1 saturated heterocycles. The van der Waals surface area contributed by atoms with Crippen LogP contribution in [-0.2, 0) is 14.6 Å². The second-order valence-electron chi connectivity index (χ2n) is 4.83. The number of benzene rings is 1. The highest BCUT2D eigenvalue weighted by Crippen LogP contribution is 2.17. The lowest BCUT2D eigenvalue weighted by molar-refractivity contribution is -0.127. The summed E-state index contributed by atoms with van der Waals surface area (Å²) in [6, 6.07) is 7.11. The van der Waals surface area contributed by atoms with Gasteiger partial charge in [-0.15, -0.1) is 0 Å². The van der Waals surface area contributed by atoms with Gasteiger partial charge >= 0.3 is 0 Å². The molecule has 5 nitrogen and oxygen atoms in total. The van der Waals surface area contributed by atoms with Gasteiger partial charge in [-0.3, -0.25) is 4.79 Å². The average Bonchev–Trinajstić information content (AvgIpc) is 2.68. The van der Waals surface area contributed by atoms with E-state index < -0.39 is 15.9 Å². The van der Waals surface area contributed by atoms with Crippen LogP contribution in [-0.4, -0.2) is 38.0 Å². The number of ether oxygens (including phenoxy) is 1. The van der Waals surface area contributed by atoms with Gasteiger partial charge in [0.2, 0.25) is 0 Å². The quantitative estimate of drug-likeness (QED) is 0.763. The number of hydrogen-bond acceptors (Lipinski definition) is 4. The lowest BCUT2D eigenvalue weighted by Crippen LogP contribution is -2.43. The van der Waals surface area contributed by atoms with E-state index >= 15 is 0 Å². The fraction of sp³-hybridized carbons (Fsp3) is 0.462. The van der Waals surface area contributed by atoms with Crippen LogP contribution in [0.3, 0.4) is 0 Å². The largest absolute Gasteiger partial charge is 0.481 e. The standard InChI is InChI=1S/C13H16INO4S/c1-9(19-12-4-2-3-10(14)7-12)13(16)15-11-5-6-20(17,18)8-11/h2-4,7,9,11H,5-6,8H2,1H3,(H,15,16). The monoisotopic (exact) mass is 409 g/mol. The Hall–Kier alpha value is -0.830. The minimum atomic E-state index is -2.99. The zero-order valence-electron chi connectivity index (χ0n) is 11.0. The van der Waals surface area contributed by atoms with Crippen molar-refractivity contribution in [1.82, 2.24) is 5.32 Å². The third-order valence-electron chi connectivity index (χ3n) is 3.06. The second-order valence-corrected chi connectivity index (χ2v) is 8.30. The lowest BCUT2D eigenvalue weighted by Gasteiger charge is -2.17. The normalized spacial score (nSPS) is 22.2. The van der Waals surface area contributed by atoms with Crippen LogP contribution in [0.4, 0.5) is 0 Å². The van der Waals surface area contributed by atoms with Gasteiger partial charge in [0.25, 0.3) is 5.91 Å². The molecule has 0 bridgehead atoms. The Morgan fingerprint density at radius 1 is 1.50 bits per heavy atom. The Kier molecular flexibility index (Phi) is 4.90. The van der Waals surface area contributed by atoms with Crippen molar-refractivity contribution >= 4 is 38.3 Å². The molecule has 1 heterocycles. The topological polar surface area (TPSA) is 72.5 Å². The van der Waals surface area contributed by atoms with Crippen LogP contribution in [0.25, 0.3) is 0 Å². The third-order valence-corrected chi connectivity index (χ3v) is 5.50. The zero-order chi connectivity index (χ0) is 14.8. The van der Waals surface area contributed by atoms with Crippen molar-refractivity contribution in [3.63, 3.8) is 0 Å². The van der Waals surface area contributed by atoms with Gasteiger partial charge in [-0.05, 0) is 54.1 Å². The maximum absolute atomic E-state index is 12.0. The molecule has 1 aromatic carbocycles. The van der Waals surface area contributed by atoms with Crippen LogP contribution in [0.2, 0.25) is 0 Å². The zero-order valence-corrected chi connectivity index (χ0v) is 14.0. The molecule has 110 valence electrons. The van der Waals surface area contributed by atoms with Crippen LogP contribution in [0.1, 0.15) is 13.3 Å². The van der Waals surface area contributed by atoms with Gasteiger partial charge in [0, 0.05) is 9.61 Å². The van der Waals surface area contributed by atoms with Gasteiger partial charge in [0.15, 0.2) is 15.9 Å². The molecule has 0 saturated carbocycles. The first-order chi connectivity index (χ1) is 9.35. The predicted molar refractivity (Wildman–Crippen MR) is 84.5 cm³/mol. The Morgan fingerprint density at radius 2 is 2.25 bits per heavy atom. The van der Waals surface area contributed by atoms with Gasteiger partial charge in [0.1, 0.15) is 5.75 Å². The Labute approximate surface area is 132 Å². The molecule has 20 heavy (non-hydrogen) atoms. The van der Waals surface area contributed by atoms with E-state index in [-0.39, 0.29) is 23.5 Å². The smallest absolute Gasteiger partial charge is 0.261 e. The van der Waals surface area contributed by atoms with Crippen LogP contribution < -0.4 is 10.1 Å². The van der Waals surface area contributed by atoms with E-state index in [9.17, 15) is 13.2 Å². The minimum Gasteiger partial charge on any atom is -0.481 e. The highest BCUT2D eigenvalue weighted by Gasteiger charge is 2.30. The molecular formula is C13H16INO4S. The summed E-state index contributed by atoms with van der Waals surface area (Å²) in [5.74, 6) is 0.503. The number of carbonyl (C=O) groups excluding carboxylic acids is 1. The first-order valence-corrected chi connectivity index (χ1v) is 9.19. The van der Waals surface area contributed by atoms with Crippen LogP contribution in [0.5, 0.6) is 5.75 Å². The van der Waals surface area contributed by atoms with Crippen molar-refractivity contribution in [2.45, 2.75) is 25.5 Å². The van der Waals surface area contributed by atoms with Gasteiger partial charge < -0.3 is 10.1 Å². The Morgan fingerprint density at radius 3 is 2.85 bits per heavy atom. The van der Waals surface area contributed by atoms with Crippen molar-refractivity contribution in [1.29, 1.82) is 0 Å². The maximum atomic E-state index is 12.0. The number of carbonyl (C=O) groups is 1. The number of rotatable bonds is 4. The molecular weight excluding hydrogens is 393 g/mol. The first-order valence-electron chi connectivity index (χ1n) is 6.29. The summed E-state index contributed by atoms with van der Waals surface area (Å²) in [5.41, 5.74) is 0. The molecule has 2 unspecified atom stereocenters. The van der Waals surface area contributed by atoms with E-state index in [4.69, 9.17) is 4.74 Å². The second kappa shape index (κ2) is 6.30. The molecule has 1 aliphatic heterocycles. The highest BCUT2D eigenvalue weighted by molar-refractivity contribution is 14.1. The molecule has 1 aliphatic rings. The average molecular weight is 409 g/mol. The molecule has 1 N–H and O–H groups in total. The number of halogens is 1. The lowest BCUT2D eigenvalue weighted by atomic mass is 10.2. The third kappa shape index (κ3) is 4.34. The van der Waals surface area contributed by atoms with E-state index in [0.717, 1.165) is 3.57 Å². The maximum Gasteiger partial charge on any atom is 0.261 e.